The van der Waals surface area contributed by atoms with Crippen molar-refractivity contribution in [2.24, 2.45) is 5.84 Å². The lowest BCUT2D eigenvalue weighted by Gasteiger charge is -2.05. The Morgan fingerprint density at radius 2 is 2.00 bits per heavy atom. The fraction of sp³-hybridized carbons (Fsp3) is 0.0769. The monoisotopic (exact) mass is 243 g/mol. The number of rotatable bonds is 4. The first-order valence-electron chi connectivity index (χ1n) is 5.43. The van der Waals surface area contributed by atoms with Crippen molar-refractivity contribution in [2.45, 2.75) is 6.61 Å². The second-order valence-electron chi connectivity index (χ2n) is 3.61. The summed E-state index contributed by atoms with van der Waals surface area (Å²) < 4.78 is 5.53. The van der Waals surface area contributed by atoms with Crippen LogP contribution in [-0.4, -0.2) is 10.9 Å². The van der Waals surface area contributed by atoms with Gasteiger partial charge in [0.05, 0.1) is 11.3 Å². The number of nitrogens with zero attached hydrogens (tertiary/aromatic N) is 1. The molecule has 1 heterocycles. The summed E-state index contributed by atoms with van der Waals surface area (Å²) in [5, 5.41) is 0. The van der Waals surface area contributed by atoms with Crippen molar-refractivity contribution in [3.63, 3.8) is 0 Å². The summed E-state index contributed by atoms with van der Waals surface area (Å²) in [4.78, 5) is 15.3. The topological polar surface area (TPSA) is 77.2 Å². The van der Waals surface area contributed by atoms with Crippen LogP contribution in [0.15, 0.2) is 48.7 Å². The van der Waals surface area contributed by atoms with Gasteiger partial charge < -0.3 is 4.74 Å². The Labute approximate surface area is 105 Å². The van der Waals surface area contributed by atoms with E-state index in [0.29, 0.717) is 12.2 Å². The van der Waals surface area contributed by atoms with Gasteiger partial charge in [-0.05, 0) is 24.3 Å². The molecule has 5 heteroatoms. The van der Waals surface area contributed by atoms with E-state index >= 15 is 0 Å². The number of carbonyl (C=O) groups excluding carboxylic acids is 1. The molecular weight excluding hydrogens is 230 g/mol. The highest BCUT2D eigenvalue weighted by molar-refractivity contribution is 5.93. The Hall–Kier alpha value is -2.40. The molecule has 2 rings (SSSR count). The van der Waals surface area contributed by atoms with E-state index < -0.39 is 0 Å². The number of amides is 1. The van der Waals surface area contributed by atoms with E-state index in [9.17, 15) is 4.79 Å². The normalized spacial score (nSPS) is 9.83. The van der Waals surface area contributed by atoms with Crippen LogP contribution >= 0.6 is 0 Å². The van der Waals surface area contributed by atoms with E-state index in [1.54, 1.807) is 12.1 Å². The van der Waals surface area contributed by atoms with E-state index in [0.717, 1.165) is 11.4 Å². The molecule has 0 fully saturated rings. The van der Waals surface area contributed by atoms with Crippen LogP contribution in [0, 0.1) is 0 Å². The molecule has 1 aromatic carbocycles. The predicted octanol–water partition coefficient (Wildman–Crippen LogP) is 1.26. The minimum Gasteiger partial charge on any atom is -0.487 e. The van der Waals surface area contributed by atoms with Crippen LogP contribution in [0.4, 0.5) is 0 Å². The molecule has 0 unspecified atom stereocenters. The van der Waals surface area contributed by atoms with E-state index in [1.807, 2.05) is 35.8 Å². The molecule has 0 bridgehead atoms. The van der Waals surface area contributed by atoms with Gasteiger partial charge in [-0.25, -0.2) is 5.84 Å². The molecule has 5 nitrogen and oxygen atoms in total. The van der Waals surface area contributed by atoms with Crippen molar-refractivity contribution in [2.75, 3.05) is 0 Å². The van der Waals surface area contributed by atoms with Crippen molar-refractivity contribution in [1.29, 1.82) is 0 Å². The summed E-state index contributed by atoms with van der Waals surface area (Å²) in [5.74, 6) is 5.44. The van der Waals surface area contributed by atoms with Crippen LogP contribution in [0.5, 0.6) is 5.75 Å². The third kappa shape index (κ3) is 3.05. The zero-order chi connectivity index (χ0) is 12.8. The quantitative estimate of drug-likeness (QED) is 0.481. The molecule has 0 atom stereocenters. The zero-order valence-electron chi connectivity index (χ0n) is 9.67. The standard InChI is InChI=1S/C13H13N3O2/c14-16-13(17)10-6-7-11(15-8-10)9-18-12-4-2-1-3-5-12/h1-8H,9,14H2,(H,16,17). The summed E-state index contributed by atoms with van der Waals surface area (Å²) >= 11 is 0. The number of pyridine rings is 1. The molecule has 0 saturated carbocycles. The number of benzene rings is 1. The van der Waals surface area contributed by atoms with Gasteiger partial charge in [0.15, 0.2) is 0 Å². The highest BCUT2D eigenvalue weighted by Crippen LogP contribution is 2.10. The lowest BCUT2D eigenvalue weighted by molar-refractivity contribution is 0.0953. The minimum atomic E-state index is -0.363. The van der Waals surface area contributed by atoms with Gasteiger partial charge in [-0.1, -0.05) is 18.2 Å². The first kappa shape index (κ1) is 12.1. The molecule has 18 heavy (non-hydrogen) atoms. The van der Waals surface area contributed by atoms with Crippen LogP contribution in [0.25, 0.3) is 0 Å². The maximum atomic E-state index is 11.2. The molecule has 0 radical (unpaired) electrons. The van der Waals surface area contributed by atoms with E-state index in [1.165, 1.54) is 6.20 Å². The van der Waals surface area contributed by atoms with Crippen LogP contribution in [0.1, 0.15) is 16.1 Å². The molecule has 0 aliphatic rings. The Balaban J connectivity index is 1.97. The van der Waals surface area contributed by atoms with Crippen LogP contribution < -0.4 is 16.0 Å². The maximum absolute atomic E-state index is 11.2. The molecular formula is C13H13N3O2. The van der Waals surface area contributed by atoms with Gasteiger partial charge in [0.2, 0.25) is 0 Å². The van der Waals surface area contributed by atoms with Gasteiger partial charge in [-0.3, -0.25) is 15.2 Å². The predicted molar refractivity (Wildman–Crippen MR) is 66.7 cm³/mol. The number of aromatic nitrogens is 1. The molecule has 0 spiro atoms. The lowest BCUT2D eigenvalue weighted by atomic mass is 10.2. The van der Waals surface area contributed by atoms with Crippen LogP contribution in [-0.2, 0) is 6.61 Å². The molecule has 3 N–H and O–H groups in total. The van der Waals surface area contributed by atoms with Crippen LogP contribution in [0.3, 0.4) is 0 Å². The smallest absolute Gasteiger partial charge is 0.266 e. The van der Waals surface area contributed by atoms with E-state index in [4.69, 9.17) is 10.6 Å². The summed E-state index contributed by atoms with van der Waals surface area (Å²) in [7, 11) is 0. The van der Waals surface area contributed by atoms with Gasteiger partial charge in [0.1, 0.15) is 12.4 Å². The minimum absolute atomic E-state index is 0.356. The average molecular weight is 243 g/mol. The number of nitrogens with two attached hydrogens (primary N) is 1. The molecule has 0 aliphatic carbocycles. The van der Waals surface area contributed by atoms with Crippen molar-refractivity contribution in [3.8, 4) is 5.75 Å². The summed E-state index contributed by atoms with van der Waals surface area (Å²) in [6.45, 7) is 0.356. The molecule has 1 amide bonds. The molecule has 2 aromatic rings. The highest BCUT2D eigenvalue weighted by Gasteiger charge is 2.04. The third-order valence-corrected chi connectivity index (χ3v) is 2.35. The van der Waals surface area contributed by atoms with E-state index in [2.05, 4.69) is 4.98 Å². The van der Waals surface area contributed by atoms with Gasteiger partial charge >= 0.3 is 0 Å². The second kappa shape index (κ2) is 5.79. The number of carbonyl (C=O) groups is 1. The first-order valence-corrected chi connectivity index (χ1v) is 5.43. The van der Waals surface area contributed by atoms with Crippen molar-refractivity contribution in [1.82, 2.24) is 10.4 Å². The Morgan fingerprint density at radius 1 is 1.22 bits per heavy atom. The summed E-state index contributed by atoms with van der Waals surface area (Å²) in [5.41, 5.74) is 3.21. The number of nitrogens with one attached hydrogen (secondary N) is 1. The number of hydrogen-bond acceptors (Lipinski definition) is 4. The highest BCUT2D eigenvalue weighted by atomic mass is 16.5. The molecule has 1 aromatic heterocycles. The summed E-state index contributed by atoms with van der Waals surface area (Å²) in [6, 6.07) is 12.8. The lowest BCUT2D eigenvalue weighted by Crippen LogP contribution is -2.30. The van der Waals surface area contributed by atoms with Crippen molar-refractivity contribution in [3.05, 3.63) is 59.9 Å². The van der Waals surface area contributed by atoms with Gasteiger partial charge in [-0.2, -0.15) is 0 Å². The fourth-order valence-corrected chi connectivity index (χ4v) is 1.40. The van der Waals surface area contributed by atoms with Gasteiger partial charge in [0.25, 0.3) is 5.91 Å². The van der Waals surface area contributed by atoms with Crippen LogP contribution in [0.2, 0.25) is 0 Å². The SMILES string of the molecule is NNC(=O)c1ccc(COc2ccccc2)nc1. The third-order valence-electron chi connectivity index (χ3n) is 2.35. The van der Waals surface area contributed by atoms with E-state index in [-0.39, 0.29) is 5.91 Å². The Bertz CT molecular complexity index is 512. The fourth-order valence-electron chi connectivity index (χ4n) is 1.40. The van der Waals surface area contributed by atoms with Gasteiger partial charge in [0, 0.05) is 6.20 Å². The van der Waals surface area contributed by atoms with Gasteiger partial charge in [-0.15, -0.1) is 0 Å². The number of nitrogen functional groups attached to an aromatic ring is 1. The number of hydrazine groups is 1. The number of para-hydroxylation sites is 1. The van der Waals surface area contributed by atoms with Crippen molar-refractivity contribution < 1.29 is 9.53 Å². The zero-order valence-corrected chi connectivity index (χ0v) is 9.67. The first-order chi connectivity index (χ1) is 8.79. The Kier molecular flexibility index (Phi) is 3.88. The molecule has 0 aliphatic heterocycles. The second-order valence-corrected chi connectivity index (χ2v) is 3.61. The largest absolute Gasteiger partial charge is 0.487 e. The Morgan fingerprint density at radius 3 is 2.61 bits per heavy atom. The summed E-state index contributed by atoms with van der Waals surface area (Å²) in [6.07, 6.45) is 1.46. The number of hydrogen-bond donors (Lipinski definition) is 2. The number of ether oxygens (including phenoxy) is 1. The molecule has 0 saturated heterocycles. The molecule has 92 valence electrons. The maximum Gasteiger partial charge on any atom is 0.266 e. The van der Waals surface area contributed by atoms with Crippen molar-refractivity contribution >= 4 is 5.91 Å². The average Bonchev–Trinajstić information content (AvgIpc) is 2.46.